The highest BCUT2D eigenvalue weighted by atomic mass is 32.2. The van der Waals surface area contributed by atoms with E-state index in [2.05, 4.69) is 21.9 Å². The Balaban J connectivity index is 1.82. The van der Waals surface area contributed by atoms with Gasteiger partial charge in [0, 0.05) is 11.9 Å². The number of rotatable bonds is 6. The minimum absolute atomic E-state index is 0.135. The smallest absolute Gasteiger partial charge is 0.262 e. The molecule has 128 valence electrons. The number of anilines is 1. The highest BCUT2D eigenvalue weighted by Gasteiger charge is 2.13. The first-order chi connectivity index (χ1) is 12.1. The van der Waals surface area contributed by atoms with Crippen LogP contribution < -0.4 is 10.9 Å². The largest absolute Gasteiger partial charge is 0.301 e. The Hall–Kier alpha value is -2.45. The molecule has 0 saturated heterocycles. The van der Waals surface area contributed by atoms with Crippen LogP contribution in [0, 0.1) is 6.92 Å². The van der Waals surface area contributed by atoms with Crippen molar-refractivity contribution < 1.29 is 4.79 Å². The first-order valence-electron chi connectivity index (χ1n) is 7.53. The average Bonchev–Trinajstić information content (AvgIpc) is 3.01. The maximum atomic E-state index is 12.6. The highest BCUT2D eigenvalue weighted by Crippen LogP contribution is 2.19. The van der Waals surface area contributed by atoms with E-state index < -0.39 is 0 Å². The van der Waals surface area contributed by atoms with Gasteiger partial charge in [-0.15, -0.1) is 17.9 Å². The fourth-order valence-electron chi connectivity index (χ4n) is 2.24. The number of aromatic nitrogens is 3. The van der Waals surface area contributed by atoms with Gasteiger partial charge in [-0.2, -0.15) is 0 Å². The van der Waals surface area contributed by atoms with E-state index in [1.807, 2.05) is 18.4 Å². The van der Waals surface area contributed by atoms with Gasteiger partial charge in [-0.3, -0.25) is 14.2 Å². The zero-order valence-corrected chi connectivity index (χ0v) is 15.2. The SMILES string of the molecule is C=CCn1c(SCC(=O)Nc2nc(C)cs2)nc2ccccc2c1=O. The Kier molecular flexibility index (Phi) is 5.30. The number of aryl methyl sites for hydroxylation is 1. The van der Waals surface area contributed by atoms with Crippen LogP contribution in [0.15, 0.2) is 52.3 Å². The number of hydrogen-bond acceptors (Lipinski definition) is 6. The molecule has 0 aliphatic heterocycles. The first-order valence-corrected chi connectivity index (χ1v) is 9.40. The van der Waals surface area contributed by atoms with Crippen LogP contribution in [0.4, 0.5) is 5.13 Å². The summed E-state index contributed by atoms with van der Waals surface area (Å²) in [7, 11) is 0. The minimum atomic E-state index is -0.188. The number of hydrogen-bond donors (Lipinski definition) is 1. The Morgan fingerprint density at radius 2 is 2.20 bits per heavy atom. The number of para-hydroxylation sites is 1. The summed E-state index contributed by atoms with van der Waals surface area (Å²) in [5, 5.41) is 6.23. The molecule has 0 spiro atoms. The van der Waals surface area contributed by atoms with E-state index in [1.165, 1.54) is 27.7 Å². The summed E-state index contributed by atoms with van der Waals surface area (Å²) in [6.45, 7) is 5.90. The molecule has 3 rings (SSSR count). The van der Waals surface area contributed by atoms with Gasteiger partial charge in [0.2, 0.25) is 5.91 Å². The number of carbonyl (C=O) groups excluding carboxylic acids is 1. The summed E-state index contributed by atoms with van der Waals surface area (Å²) in [6, 6.07) is 7.17. The molecule has 6 nitrogen and oxygen atoms in total. The third-order valence-electron chi connectivity index (χ3n) is 3.34. The van der Waals surface area contributed by atoms with Gasteiger partial charge in [-0.05, 0) is 19.1 Å². The Labute approximate surface area is 152 Å². The van der Waals surface area contributed by atoms with Crippen LogP contribution in [-0.4, -0.2) is 26.2 Å². The molecule has 3 aromatic rings. The van der Waals surface area contributed by atoms with Crippen molar-refractivity contribution in [1.29, 1.82) is 0 Å². The van der Waals surface area contributed by atoms with Crippen LogP contribution in [0.5, 0.6) is 0 Å². The lowest BCUT2D eigenvalue weighted by molar-refractivity contribution is -0.113. The number of nitrogens with zero attached hydrogens (tertiary/aromatic N) is 3. The summed E-state index contributed by atoms with van der Waals surface area (Å²) in [4.78, 5) is 33.5. The van der Waals surface area contributed by atoms with Gasteiger partial charge < -0.3 is 5.32 Å². The predicted molar refractivity (Wildman–Crippen MR) is 102 cm³/mol. The number of fused-ring (bicyclic) bond motifs is 1. The van der Waals surface area contributed by atoms with E-state index in [4.69, 9.17) is 0 Å². The van der Waals surface area contributed by atoms with Crippen LogP contribution in [0.25, 0.3) is 10.9 Å². The molecule has 1 amide bonds. The third kappa shape index (κ3) is 3.97. The molecule has 0 fully saturated rings. The first kappa shape index (κ1) is 17.4. The van der Waals surface area contributed by atoms with Crippen LogP contribution in [0.1, 0.15) is 5.69 Å². The highest BCUT2D eigenvalue weighted by molar-refractivity contribution is 7.99. The molecule has 0 radical (unpaired) electrons. The molecule has 2 aromatic heterocycles. The van der Waals surface area contributed by atoms with Crippen molar-refractivity contribution in [2.75, 3.05) is 11.1 Å². The van der Waals surface area contributed by atoms with Gasteiger partial charge in [-0.1, -0.05) is 30.0 Å². The fraction of sp³-hybridized carbons (Fsp3) is 0.176. The molecular weight excluding hydrogens is 356 g/mol. The van der Waals surface area contributed by atoms with E-state index in [-0.39, 0.29) is 17.2 Å². The summed E-state index contributed by atoms with van der Waals surface area (Å²) < 4.78 is 1.53. The average molecular weight is 372 g/mol. The second kappa shape index (κ2) is 7.62. The van der Waals surface area contributed by atoms with Crippen molar-refractivity contribution in [2.45, 2.75) is 18.6 Å². The fourth-order valence-corrected chi connectivity index (χ4v) is 3.76. The maximum absolute atomic E-state index is 12.6. The van der Waals surface area contributed by atoms with Crippen LogP contribution in [-0.2, 0) is 11.3 Å². The van der Waals surface area contributed by atoms with Gasteiger partial charge in [0.25, 0.3) is 5.56 Å². The number of nitrogens with one attached hydrogen (secondary N) is 1. The van der Waals surface area contributed by atoms with Gasteiger partial charge in [0.05, 0.1) is 22.3 Å². The third-order valence-corrected chi connectivity index (χ3v) is 5.19. The number of benzene rings is 1. The van der Waals surface area contributed by atoms with Crippen LogP contribution >= 0.6 is 23.1 Å². The molecule has 0 aliphatic carbocycles. The summed E-state index contributed by atoms with van der Waals surface area (Å²) in [5.74, 6) is -0.0486. The van der Waals surface area contributed by atoms with E-state index in [1.54, 1.807) is 24.3 Å². The van der Waals surface area contributed by atoms with Gasteiger partial charge >= 0.3 is 0 Å². The summed E-state index contributed by atoms with van der Waals surface area (Å²) >= 11 is 2.60. The molecule has 1 aromatic carbocycles. The molecular formula is C17H16N4O2S2. The summed E-state index contributed by atoms with van der Waals surface area (Å²) in [6.07, 6.45) is 1.64. The minimum Gasteiger partial charge on any atom is -0.301 e. The number of carbonyl (C=O) groups is 1. The van der Waals surface area contributed by atoms with Crippen molar-refractivity contribution in [3.63, 3.8) is 0 Å². The normalized spacial score (nSPS) is 10.8. The zero-order chi connectivity index (χ0) is 17.8. The molecule has 2 heterocycles. The Morgan fingerprint density at radius 3 is 2.92 bits per heavy atom. The Morgan fingerprint density at radius 1 is 1.40 bits per heavy atom. The number of amides is 1. The molecule has 25 heavy (non-hydrogen) atoms. The lowest BCUT2D eigenvalue weighted by Gasteiger charge is -2.11. The van der Waals surface area contributed by atoms with Crippen LogP contribution in [0.3, 0.4) is 0 Å². The van der Waals surface area contributed by atoms with Crippen molar-refractivity contribution in [3.05, 3.63) is 58.3 Å². The molecule has 0 unspecified atom stereocenters. The van der Waals surface area contributed by atoms with Crippen LogP contribution in [0.2, 0.25) is 0 Å². The molecule has 0 aliphatic rings. The van der Waals surface area contributed by atoms with E-state index in [9.17, 15) is 9.59 Å². The summed E-state index contributed by atoms with van der Waals surface area (Å²) in [5.41, 5.74) is 1.35. The second-order valence-corrected chi connectivity index (χ2v) is 7.05. The molecule has 1 N–H and O–H groups in total. The molecule has 8 heteroatoms. The monoisotopic (exact) mass is 372 g/mol. The van der Waals surface area contributed by atoms with E-state index in [0.29, 0.717) is 27.7 Å². The maximum Gasteiger partial charge on any atom is 0.262 e. The number of allylic oxidation sites excluding steroid dienone is 1. The molecule has 0 atom stereocenters. The van der Waals surface area contributed by atoms with E-state index >= 15 is 0 Å². The number of thiazole rings is 1. The van der Waals surface area contributed by atoms with Gasteiger partial charge in [0.1, 0.15) is 0 Å². The quantitative estimate of drug-likeness (QED) is 0.409. The topological polar surface area (TPSA) is 76.9 Å². The van der Waals surface area contributed by atoms with Gasteiger partial charge in [-0.25, -0.2) is 9.97 Å². The van der Waals surface area contributed by atoms with E-state index in [0.717, 1.165) is 5.69 Å². The van der Waals surface area contributed by atoms with Crippen molar-refractivity contribution in [2.24, 2.45) is 0 Å². The lowest BCUT2D eigenvalue weighted by atomic mass is 10.2. The molecule has 0 bridgehead atoms. The van der Waals surface area contributed by atoms with Crippen molar-refractivity contribution in [3.8, 4) is 0 Å². The predicted octanol–water partition coefficient (Wildman–Crippen LogP) is 3.08. The lowest BCUT2D eigenvalue weighted by Crippen LogP contribution is -2.23. The second-order valence-electron chi connectivity index (χ2n) is 5.25. The Bertz CT molecular complexity index is 994. The number of thioether (sulfide) groups is 1. The zero-order valence-electron chi connectivity index (χ0n) is 13.6. The van der Waals surface area contributed by atoms with Gasteiger partial charge in [0.15, 0.2) is 10.3 Å². The van der Waals surface area contributed by atoms with Crippen molar-refractivity contribution >= 4 is 45.0 Å². The standard InChI is InChI=1S/C17H16N4O2S2/c1-3-8-21-15(23)12-6-4-5-7-13(12)19-17(21)25-10-14(22)20-16-18-11(2)9-24-16/h3-7,9H,1,8,10H2,2H3,(H,18,20,22). The van der Waals surface area contributed by atoms with Crippen molar-refractivity contribution in [1.82, 2.24) is 14.5 Å². The molecule has 0 saturated carbocycles.